The largest absolute Gasteiger partial charge is 0.497 e. The molecule has 0 saturated carbocycles. The molecule has 2 aromatic carbocycles. The molecule has 0 aliphatic carbocycles. The van der Waals surface area contributed by atoms with Gasteiger partial charge in [-0.25, -0.2) is 0 Å². The molecule has 3 atom stereocenters. The number of methoxy groups -OCH3 is 1. The van der Waals surface area contributed by atoms with E-state index in [9.17, 15) is 4.79 Å². The van der Waals surface area contributed by atoms with Gasteiger partial charge in [0.05, 0.1) is 13.7 Å². The Kier molecular flexibility index (Phi) is 5.37. The second kappa shape index (κ2) is 8.20. The first-order chi connectivity index (χ1) is 15.5. The maximum absolute atomic E-state index is 13.5. The smallest absolute Gasteiger partial charge is 0.315 e. The van der Waals surface area contributed by atoms with E-state index in [0.29, 0.717) is 23.9 Å². The zero-order valence-electron chi connectivity index (χ0n) is 18.8. The van der Waals surface area contributed by atoms with Crippen LogP contribution in [0.4, 0.5) is 0 Å². The van der Waals surface area contributed by atoms with E-state index in [1.165, 1.54) is 0 Å². The summed E-state index contributed by atoms with van der Waals surface area (Å²) in [4.78, 5) is 15.8. The van der Waals surface area contributed by atoms with E-state index in [1.54, 1.807) is 7.11 Å². The van der Waals surface area contributed by atoms with Crippen LogP contribution in [0.3, 0.4) is 0 Å². The molecule has 0 amide bonds. The maximum Gasteiger partial charge on any atom is 0.315 e. The van der Waals surface area contributed by atoms with E-state index >= 15 is 0 Å². The molecular formula is C25H29NO6. The van der Waals surface area contributed by atoms with Gasteiger partial charge in [-0.2, -0.15) is 0 Å². The van der Waals surface area contributed by atoms with Crippen LogP contribution >= 0.6 is 0 Å². The van der Waals surface area contributed by atoms with Gasteiger partial charge in [0.2, 0.25) is 6.79 Å². The Bertz CT molecular complexity index is 1000. The highest BCUT2D eigenvalue weighted by Crippen LogP contribution is 2.53. The lowest BCUT2D eigenvalue weighted by molar-refractivity contribution is -0.174. The average Bonchev–Trinajstić information content (AvgIpc) is 3.49. The molecule has 0 aromatic heterocycles. The number of hydrogen-bond donors (Lipinski definition) is 0. The van der Waals surface area contributed by atoms with Crippen LogP contribution < -0.4 is 18.9 Å². The van der Waals surface area contributed by atoms with Crippen LogP contribution in [-0.2, 0) is 9.53 Å². The molecule has 7 heteroatoms. The molecule has 1 fully saturated rings. The zero-order chi connectivity index (χ0) is 22.3. The molecule has 0 N–H and O–H groups in total. The fraction of sp³-hybridized carbons (Fsp3) is 0.480. The van der Waals surface area contributed by atoms with Gasteiger partial charge in [-0.1, -0.05) is 12.1 Å². The summed E-state index contributed by atoms with van der Waals surface area (Å²) in [6, 6.07) is 11.7. The summed E-state index contributed by atoms with van der Waals surface area (Å²) in [5.74, 6) is 1.72. The minimum atomic E-state index is -0.853. The maximum atomic E-state index is 13.5. The summed E-state index contributed by atoms with van der Waals surface area (Å²) in [5.41, 5.74) is 1.04. The van der Waals surface area contributed by atoms with Crippen molar-refractivity contribution in [3.63, 3.8) is 0 Å². The van der Waals surface area contributed by atoms with Gasteiger partial charge in [-0.3, -0.25) is 9.69 Å². The van der Waals surface area contributed by atoms with Crippen molar-refractivity contribution in [1.82, 2.24) is 4.90 Å². The van der Waals surface area contributed by atoms with Crippen molar-refractivity contribution in [2.24, 2.45) is 5.92 Å². The molecule has 3 aliphatic heterocycles. The van der Waals surface area contributed by atoms with E-state index in [0.717, 1.165) is 42.8 Å². The van der Waals surface area contributed by atoms with Gasteiger partial charge >= 0.3 is 5.97 Å². The predicted molar refractivity (Wildman–Crippen MR) is 117 cm³/mol. The van der Waals surface area contributed by atoms with Crippen LogP contribution in [0.25, 0.3) is 0 Å². The SMILES string of the molecule is CCOC(=O)[C@H]1[C@H](c2ccc(OC)cc2)c2cc3c(cc2OC1(C)N1CCCC1)OCO3. The predicted octanol–water partition coefficient (Wildman–Crippen LogP) is 3.94. The summed E-state index contributed by atoms with van der Waals surface area (Å²) < 4.78 is 28.9. The average molecular weight is 440 g/mol. The Morgan fingerprint density at radius 2 is 1.78 bits per heavy atom. The highest BCUT2D eigenvalue weighted by molar-refractivity contribution is 5.78. The van der Waals surface area contributed by atoms with Crippen LogP contribution in [0.2, 0.25) is 0 Å². The fourth-order valence-corrected chi connectivity index (χ4v) is 5.24. The molecule has 2 aromatic rings. The number of fused-ring (bicyclic) bond motifs is 2. The molecular weight excluding hydrogens is 410 g/mol. The van der Waals surface area contributed by atoms with Crippen LogP contribution in [0.15, 0.2) is 36.4 Å². The van der Waals surface area contributed by atoms with Crippen LogP contribution in [0, 0.1) is 5.92 Å². The Morgan fingerprint density at radius 3 is 2.44 bits per heavy atom. The van der Waals surface area contributed by atoms with Gasteiger partial charge in [0, 0.05) is 30.6 Å². The van der Waals surface area contributed by atoms with Crippen molar-refractivity contribution in [1.29, 1.82) is 0 Å². The molecule has 1 unspecified atom stereocenters. The van der Waals surface area contributed by atoms with Crippen molar-refractivity contribution < 1.29 is 28.5 Å². The van der Waals surface area contributed by atoms with Crippen molar-refractivity contribution in [2.75, 3.05) is 33.6 Å². The van der Waals surface area contributed by atoms with Crippen molar-refractivity contribution in [2.45, 2.75) is 38.3 Å². The minimum absolute atomic E-state index is 0.177. The van der Waals surface area contributed by atoms with Gasteiger partial charge in [-0.15, -0.1) is 0 Å². The normalized spacial score (nSPS) is 26.3. The third-order valence-electron chi connectivity index (χ3n) is 6.82. The second-order valence-electron chi connectivity index (χ2n) is 8.57. The molecule has 0 bridgehead atoms. The molecule has 5 rings (SSSR count). The molecule has 170 valence electrons. The number of nitrogens with zero attached hydrogens (tertiary/aromatic N) is 1. The Morgan fingerprint density at radius 1 is 1.09 bits per heavy atom. The molecule has 7 nitrogen and oxygen atoms in total. The molecule has 0 radical (unpaired) electrons. The van der Waals surface area contributed by atoms with Gasteiger partial charge in [0.15, 0.2) is 17.2 Å². The molecule has 3 heterocycles. The van der Waals surface area contributed by atoms with Crippen molar-refractivity contribution in [3.8, 4) is 23.0 Å². The first-order valence-corrected chi connectivity index (χ1v) is 11.2. The van der Waals surface area contributed by atoms with Crippen LogP contribution in [0.1, 0.15) is 43.7 Å². The number of esters is 1. The Hall–Kier alpha value is -2.93. The van der Waals surface area contributed by atoms with Gasteiger partial charge in [-0.05, 0) is 50.5 Å². The lowest BCUT2D eigenvalue weighted by Gasteiger charge is -2.49. The highest BCUT2D eigenvalue weighted by atomic mass is 16.7. The quantitative estimate of drug-likeness (QED) is 0.654. The van der Waals surface area contributed by atoms with E-state index in [-0.39, 0.29) is 18.7 Å². The van der Waals surface area contributed by atoms with Crippen LogP contribution in [0.5, 0.6) is 23.0 Å². The van der Waals surface area contributed by atoms with E-state index in [2.05, 4.69) is 4.90 Å². The van der Waals surface area contributed by atoms with Gasteiger partial charge in [0.25, 0.3) is 0 Å². The Balaban J connectivity index is 1.70. The van der Waals surface area contributed by atoms with Gasteiger partial charge < -0.3 is 23.7 Å². The molecule has 32 heavy (non-hydrogen) atoms. The third-order valence-corrected chi connectivity index (χ3v) is 6.82. The standard InChI is InChI=1S/C25H29NO6/c1-4-29-24(27)23-22(16-7-9-17(28-3)10-8-16)18-13-20-21(31-15-30-20)14-19(18)32-25(23,2)26-11-5-6-12-26/h7-10,13-14,22-23H,4-6,11-12,15H2,1-3H3/t22-,23-,25?/m1/s1. The molecule has 3 aliphatic rings. The number of benzene rings is 2. The van der Waals surface area contributed by atoms with E-state index in [4.69, 9.17) is 23.7 Å². The number of carbonyl (C=O) groups excluding carboxylic acids is 1. The van der Waals surface area contributed by atoms with Crippen molar-refractivity contribution in [3.05, 3.63) is 47.5 Å². The van der Waals surface area contributed by atoms with E-state index in [1.807, 2.05) is 50.2 Å². The number of rotatable bonds is 5. The third kappa shape index (κ3) is 3.35. The lowest BCUT2D eigenvalue weighted by atomic mass is 9.72. The van der Waals surface area contributed by atoms with E-state index < -0.39 is 11.6 Å². The zero-order valence-corrected chi connectivity index (χ0v) is 18.8. The first-order valence-electron chi connectivity index (χ1n) is 11.2. The Labute approximate surface area is 188 Å². The number of carbonyl (C=O) groups is 1. The fourth-order valence-electron chi connectivity index (χ4n) is 5.24. The number of likely N-dealkylation sites (tertiary alicyclic amines) is 1. The monoisotopic (exact) mass is 439 g/mol. The molecule has 0 spiro atoms. The lowest BCUT2D eigenvalue weighted by Crippen LogP contribution is -2.61. The van der Waals surface area contributed by atoms with Crippen molar-refractivity contribution >= 4 is 5.97 Å². The number of ether oxygens (including phenoxy) is 5. The summed E-state index contributed by atoms with van der Waals surface area (Å²) in [7, 11) is 1.64. The topological polar surface area (TPSA) is 66.5 Å². The summed E-state index contributed by atoms with van der Waals surface area (Å²) in [5, 5.41) is 0. The summed E-state index contributed by atoms with van der Waals surface area (Å²) >= 11 is 0. The van der Waals surface area contributed by atoms with Crippen LogP contribution in [-0.4, -0.2) is 50.2 Å². The summed E-state index contributed by atoms with van der Waals surface area (Å²) in [6.07, 6.45) is 2.16. The first kappa shape index (κ1) is 20.9. The minimum Gasteiger partial charge on any atom is -0.497 e. The number of hydrogen-bond acceptors (Lipinski definition) is 7. The molecule has 1 saturated heterocycles. The summed E-state index contributed by atoms with van der Waals surface area (Å²) in [6.45, 7) is 6.10. The second-order valence-corrected chi connectivity index (χ2v) is 8.57. The highest BCUT2D eigenvalue weighted by Gasteiger charge is 2.56. The van der Waals surface area contributed by atoms with Gasteiger partial charge in [0.1, 0.15) is 17.4 Å².